The zero-order chi connectivity index (χ0) is 16.9. The fourth-order valence-corrected chi connectivity index (χ4v) is 3.43. The molecule has 0 bridgehead atoms. The SMILES string of the molecule is COc1cc(OC)c(OC)cc1CN[C@H]1CCCc2ccccc21. The van der Waals surface area contributed by atoms with Gasteiger partial charge in [0.15, 0.2) is 11.5 Å². The number of rotatable bonds is 6. The Hall–Kier alpha value is -2.20. The quantitative estimate of drug-likeness (QED) is 0.874. The summed E-state index contributed by atoms with van der Waals surface area (Å²) in [5, 5.41) is 3.68. The van der Waals surface area contributed by atoms with E-state index in [2.05, 4.69) is 29.6 Å². The molecule has 4 nitrogen and oxygen atoms in total. The number of methoxy groups -OCH3 is 3. The molecule has 0 unspecified atom stereocenters. The van der Waals surface area contributed by atoms with Crippen molar-refractivity contribution in [1.82, 2.24) is 5.32 Å². The van der Waals surface area contributed by atoms with Crippen LogP contribution in [0.4, 0.5) is 0 Å². The van der Waals surface area contributed by atoms with Gasteiger partial charge < -0.3 is 19.5 Å². The van der Waals surface area contributed by atoms with Crippen molar-refractivity contribution in [3.8, 4) is 17.2 Å². The first-order valence-corrected chi connectivity index (χ1v) is 8.37. The summed E-state index contributed by atoms with van der Waals surface area (Å²) in [6.45, 7) is 0.725. The minimum atomic E-state index is 0.382. The lowest BCUT2D eigenvalue weighted by Gasteiger charge is -2.27. The van der Waals surface area contributed by atoms with Crippen LogP contribution >= 0.6 is 0 Å². The summed E-state index contributed by atoms with van der Waals surface area (Å²) < 4.78 is 16.3. The van der Waals surface area contributed by atoms with Gasteiger partial charge in [0.1, 0.15) is 5.75 Å². The predicted molar refractivity (Wildman–Crippen MR) is 95.1 cm³/mol. The normalized spacial score (nSPS) is 16.4. The van der Waals surface area contributed by atoms with Crippen molar-refractivity contribution in [2.24, 2.45) is 0 Å². The monoisotopic (exact) mass is 327 g/mol. The van der Waals surface area contributed by atoms with Crippen LogP contribution in [0.15, 0.2) is 36.4 Å². The number of hydrogen-bond acceptors (Lipinski definition) is 4. The Bertz CT molecular complexity index is 699. The molecule has 24 heavy (non-hydrogen) atoms. The molecule has 0 heterocycles. The number of fused-ring (bicyclic) bond motifs is 1. The van der Waals surface area contributed by atoms with Crippen LogP contribution in [0.25, 0.3) is 0 Å². The summed E-state index contributed by atoms with van der Waals surface area (Å²) in [6, 6.07) is 13.0. The van der Waals surface area contributed by atoms with Crippen molar-refractivity contribution in [3.05, 3.63) is 53.1 Å². The zero-order valence-corrected chi connectivity index (χ0v) is 14.6. The Balaban J connectivity index is 1.80. The van der Waals surface area contributed by atoms with Gasteiger partial charge in [-0.15, -0.1) is 0 Å². The number of benzene rings is 2. The highest BCUT2D eigenvalue weighted by atomic mass is 16.5. The van der Waals surface area contributed by atoms with Crippen molar-refractivity contribution < 1.29 is 14.2 Å². The first kappa shape index (κ1) is 16.7. The van der Waals surface area contributed by atoms with E-state index in [4.69, 9.17) is 14.2 Å². The largest absolute Gasteiger partial charge is 0.496 e. The summed E-state index contributed by atoms with van der Waals surface area (Å²) in [6.07, 6.45) is 3.55. The summed E-state index contributed by atoms with van der Waals surface area (Å²) in [7, 11) is 4.97. The summed E-state index contributed by atoms with van der Waals surface area (Å²) in [4.78, 5) is 0. The lowest BCUT2D eigenvalue weighted by molar-refractivity contribution is 0.346. The van der Waals surface area contributed by atoms with Crippen LogP contribution in [-0.4, -0.2) is 21.3 Å². The molecule has 128 valence electrons. The van der Waals surface area contributed by atoms with E-state index in [0.717, 1.165) is 30.0 Å². The fourth-order valence-electron chi connectivity index (χ4n) is 3.43. The molecule has 1 atom stereocenters. The second-order valence-electron chi connectivity index (χ2n) is 6.04. The van der Waals surface area contributed by atoms with Gasteiger partial charge >= 0.3 is 0 Å². The van der Waals surface area contributed by atoms with E-state index in [9.17, 15) is 0 Å². The Labute approximate surface area is 143 Å². The van der Waals surface area contributed by atoms with Crippen LogP contribution in [0.3, 0.4) is 0 Å². The van der Waals surface area contributed by atoms with Gasteiger partial charge in [0.25, 0.3) is 0 Å². The molecule has 4 heteroatoms. The average Bonchev–Trinajstić information content (AvgIpc) is 2.65. The van der Waals surface area contributed by atoms with Crippen LogP contribution in [0, 0.1) is 0 Å². The Morgan fingerprint density at radius 3 is 2.42 bits per heavy atom. The van der Waals surface area contributed by atoms with E-state index in [1.54, 1.807) is 21.3 Å². The maximum Gasteiger partial charge on any atom is 0.164 e. The van der Waals surface area contributed by atoms with Crippen molar-refractivity contribution in [2.75, 3.05) is 21.3 Å². The first-order valence-electron chi connectivity index (χ1n) is 8.37. The smallest absolute Gasteiger partial charge is 0.164 e. The van der Waals surface area contributed by atoms with E-state index >= 15 is 0 Å². The number of nitrogens with one attached hydrogen (secondary N) is 1. The molecule has 0 spiro atoms. The minimum Gasteiger partial charge on any atom is -0.496 e. The molecule has 1 aliphatic rings. The third-order valence-electron chi connectivity index (χ3n) is 4.69. The van der Waals surface area contributed by atoms with E-state index < -0.39 is 0 Å². The molecule has 0 saturated heterocycles. The van der Waals surface area contributed by atoms with Gasteiger partial charge in [-0.05, 0) is 36.5 Å². The number of ether oxygens (including phenoxy) is 3. The first-order chi connectivity index (χ1) is 11.8. The molecular weight excluding hydrogens is 302 g/mol. The van der Waals surface area contributed by atoms with Crippen LogP contribution in [0.5, 0.6) is 17.2 Å². The van der Waals surface area contributed by atoms with Crippen molar-refractivity contribution in [1.29, 1.82) is 0 Å². The van der Waals surface area contributed by atoms with Gasteiger partial charge in [-0.3, -0.25) is 0 Å². The van der Waals surface area contributed by atoms with Crippen molar-refractivity contribution in [2.45, 2.75) is 31.8 Å². The highest BCUT2D eigenvalue weighted by Gasteiger charge is 2.20. The molecule has 1 aliphatic carbocycles. The third kappa shape index (κ3) is 3.34. The molecule has 3 rings (SSSR count). The van der Waals surface area contributed by atoms with E-state index in [1.807, 2.05) is 12.1 Å². The van der Waals surface area contributed by atoms with Crippen LogP contribution in [0.2, 0.25) is 0 Å². The van der Waals surface area contributed by atoms with Gasteiger partial charge in [-0.1, -0.05) is 24.3 Å². The Morgan fingerprint density at radius 2 is 1.67 bits per heavy atom. The summed E-state index contributed by atoms with van der Waals surface area (Å²) in [5.41, 5.74) is 3.95. The van der Waals surface area contributed by atoms with Gasteiger partial charge in [-0.2, -0.15) is 0 Å². The van der Waals surface area contributed by atoms with Crippen LogP contribution in [-0.2, 0) is 13.0 Å². The molecule has 2 aromatic rings. The molecule has 0 radical (unpaired) electrons. The highest BCUT2D eigenvalue weighted by Crippen LogP contribution is 2.35. The maximum atomic E-state index is 5.52. The summed E-state index contributed by atoms with van der Waals surface area (Å²) in [5.74, 6) is 2.21. The highest BCUT2D eigenvalue weighted by molar-refractivity contribution is 5.50. The van der Waals surface area contributed by atoms with Crippen LogP contribution in [0.1, 0.15) is 35.6 Å². The predicted octanol–water partition coefficient (Wildman–Crippen LogP) is 3.88. The van der Waals surface area contributed by atoms with E-state index in [0.29, 0.717) is 11.8 Å². The molecule has 1 N–H and O–H groups in total. The topological polar surface area (TPSA) is 39.7 Å². The zero-order valence-electron chi connectivity index (χ0n) is 14.6. The molecule has 0 aliphatic heterocycles. The number of aryl methyl sites for hydroxylation is 1. The fraction of sp³-hybridized carbons (Fsp3) is 0.400. The van der Waals surface area contributed by atoms with Gasteiger partial charge in [0.05, 0.1) is 21.3 Å². The van der Waals surface area contributed by atoms with E-state index in [1.165, 1.54) is 24.0 Å². The van der Waals surface area contributed by atoms with Crippen molar-refractivity contribution in [3.63, 3.8) is 0 Å². The van der Waals surface area contributed by atoms with Gasteiger partial charge in [0, 0.05) is 24.2 Å². The lowest BCUT2D eigenvalue weighted by Crippen LogP contribution is -2.25. The Morgan fingerprint density at radius 1 is 0.958 bits per heavy atom. The van der Waals surface area contributed by atoms with E-state index in [-0.39, 0.29) is 0 Å². The molecule has 0 saturated carbocycles. The molecule has 0 fully saturated rings. The average molecular weight is 327 g/mol. The number of hydrogen-bond donors (Lipinski definition) is 1. The lowest BCUT2D eigenvalue weighted by atomic mass is 9.87. The molecule has 0 amide bonds. The standard InChI is InChI=1S/C20H25NO3/c1-22-18-12-20(24-3)19(23-2)11-15(18)13-21-17-10-6-8-14-7-4-5-9-16(14)17/h4-5,7,9,11-12,17,21H,6,8,10,13H2,1-3H3/t17-/m0/s1. The molecule has 2 aromatic carbocycles. The van der Waals surface area contributed by atoms with Crippen molar-refractivity contribution >= 4 is 0 Å². The molecular formula is C20H25NO3. The second kappa shape index (κ2) is 7.58. The third-order valence-corrected chi connectivity index (χ3v) is 4.69. The Kier molecular flexibility index (Phi) is 5.26. The van der Waals surface area contributed by atoms with Crippen LogP contribution < -0.4 is 19.5 Å². The minimum absolute atomic E-state index is 0.382. The van der Waals surface area contributed by atoms with Gasteiger partial charge in [-0.25, -0.2) is 0 Å². The maximum absolute atomic E-state index is 5.52. The summed E-state index contributed by atoms with van der Waals surface area (Å²) >= 11 is 0. The second-order valence-corrected chi connectivity index (χ2v) is 6.04. The van der Waals surface area contributed by atoms with Gasteiger partial charge in [0.2, 0.25) is 0 Å². The molecule has 0 aromatic heterocycles.